The maximum atomic E-state index is 12.9. The van der Waals surface area contributed by atoms with Crippen LogP contribution in [0.1, 0.15) is 11.3 Å². The van der Waals surface area contributed by atoms with E-state index < -0.39 is 0 Å². The third-order valence-corrected chi connectivity index (χ3v) is 3.23. The molecule has 0 spiro atoms. The molecule has 0 fully saturated rings. The summed E-state index contributed by atoms with van der Waals surface area (Å²) in [6, 6.07) is 6.30. The molecule has 1 aromatic carbocycles. The molecule has 3 rings (SSSR count). The zero-order chi connectivity index (χ0) is 12.5. The number of fused-ring (bicyclic) bond motifs is 1. The number of benzene rings is 1. The van der Waals surface area contributed by atoms with E-state index in [1.54, 1.807) is 12.1 Å². The third-order valence-electron chi connectivity index (χ3n) is 3.23. The normalized spacial score (nSPS) is 15.4. The lowest BCUT2D eigenvalue weighted by Gasteiger charge is -2.23. The van der Waals surface area contributed by atoms with Crippen molar-refractivity contribution in [1.82, 2.24) is 14.9 Å². The molecule has 0 amide bonds. The number of hydrogen-bond acceptors (Lipinski definition) is 3. The van der Waals surface area contributed by atoms with Gasteiger partial charge in [-0.2, -0.15) is 0 Å². The molecule has 1 aliphatic heterocycles. The fourth-order valence-electron chi connectivity index (χ4n) is 2.20. The maximum Gasteiger partial charge on any atom is 0.159 e. The van der Waals surface area contributed by atoms with Gasteiger partial charge in [-0.15, -0.1) is 0 Å². The van der Waals surface area contributed by atoms with E-state index in [0.717, 1.165) is 30.8 Å². The predicted octanol–water partition coefficient (Wildman–Crippen LogP) is 2.27. The lowest BCUT2D eigenvalue weighted by molar-refractivity contribution is 0.309. The molecule has 18 heavy (non-hydrogen) atoms. The van der Waals surface area contributed by atoms with Crippen molar-refractivity contribution in [2.75, 3.05) is 13.6 Å². The number of halogens is 1. The van der Waals surface area contributed by atoms with E-state index in [1.165, 1.54) is 17.7 Å². The SMILES string of the molecule is CN1CCc2nc(-c3ccc(F)cc3)ncc2C1. The second kappa shape index (κ2) is 4.46. The summed E-state index contributed by atoms with van der Waals surface area (Å²) < 4.78 is 12.9. The first-order valence-electron chi connectivity index (χ1n) is 6.01. The summed E-state index contributed by atoms with van der Waals surface area (Å²) in [5.74, 6) is 0.441. The van der Waals surface area contributed by atoms with Crippen LogP contribution in [-0.2, 0) is 13.0 Å². The van der Waals surface area contributed by atoms with Crippen LogP contribution in [0.25, 0.3) is 11.4 Å². The highest BCUT2D eigenvalue weighted by Crippen LogP contribution is 2.20. The Morgan fingerprint density at radius 2 is 2.00 bits per heavy atom. The molecule has 0 N–H and O–H groups in total. The van der Waals surface area contributed by atoms with Gasteiger partial charge in [0.2, 0.25) is 0 Å². The highest BCUT2D eigenvalue weighted by atomic mass is 19.1. The number of nitrogens with zero attached hydrogens (tertiary/aromatic N) is 3. The van der Waals surface area contributed by atoms with E-state index in [9.17, 15) is 4.39 Å². The molecule has 2 heterocycles. The Hall–Kier alpha value is -1.81. The van der Waals surface area contributed by atoms with Crippen molar-refractivity contribution in [3.63, 3.8) is 0 Å². The van der Waals surface area contributed by atoms with Crippen molar-refractivity contribution in [2.45, 2.75) is 13.0 Å². The predicted molar refractivity (Wildman–Crippen MR) is 67.5 cm³/mol. The van der Waals surface area contributed by atoms with Crippen LogP contribution in [0, 0.1) is 5.82 Å². The molecule has 0 saturated carbocycles. The molecule has 1 aliphatic rings. The van der Waals surface area contributed by atoms with Gasteiger partial charge in [0.25, 0.3) is 0 Å². The van der Waals surface area contributed by atoms with E-state index in [2.05, 4.69) is 21.9 Å². The van der Waals surface area contributed by atoms with Crippen LogP contribution in [0.2, 0.25) is 0 Å². The summed E-state index contributed by atoms with van der Waals surface area (Å²) in [4.78, 5) is 11.2. The molecule has 0 radical (unpaired) electrons. The zero-order valence-corrected chi connectivity index (χ0v) is 10.2. The first-order chi connectivity index (χ1) is 8.72. The smallest absolute Gasteiger partial charge is 0.159 e. The Kier molecular flexibility index (Phi) is 2.80. The van der Waals surface area contributed by atoms with Crippen LogP contribution in [0.15, 0.2) is 30.5 Å². The standard InChI is InChI=1S/C14H14FN3/c1-18-7-6-13-11(9-18)8-16-14(17-13)10-2-4-12(15)5-3-10/h2-5,8H,6-7,9H2,1H3. The van der Waals surface area contributed by atoms with Gasteiger partial charge in [0, 0.05) is 36.8 Å². The fourth-order valence-corrected chi connectivity index (χ4v) is 2.20. The van der Waals surface area contributed by atoms with Gasteiger partial charge in [-0.3, -0.25) is 0 Å². The van der Waals surface area contributed by atoms with Crippen molar-refractivity contribution in [2.24, 2.45) is 0 Å². The minimum absolute atomic E-state index is 0.238. The average Bonchev–Trinajstić information content (AvgIpc) is 2.39. The second-order valence-corrected chi connectivity index (χ2v) is 4.66. The van der Waals surface area contributed by atoms with E-state index in [4.69, 9.17) is 0 Å². The van der Waals surface area contributed by atoms with Crippen LogP contribution in [0.4, 0.5) is 4.39 Å². The zero-order valence-electron chi connectivity index (χ0n) is 10.2. The van der Waals surface area contributed by atoms with Crippen molar-refractivity contribution < 1.29 is 4.39 Å². The van der Waals surface area contributed by atoms with Gasteiger partial charge in [0.1, 0.15) is 5.82 Å². The van der Waals surface area contributed by atoms with Gasteiger partial charge in [0.15, 0.2) is 5.82 Å². The minimum atomic E-state index is -0.238. The molecule has 0 aliphatic carbocycles. The van der Waals surface area contributed by atoms with Crippen molar-refractivity contribution >= 4 is 0 Å². The van der Waals surface area contributed by atoms with Crippen molar-refractivity contribution in [3.8, 4) is 11.4 Å². The lowest BCUT2D eigenvalue weighted by atomic mass is 10.1. The molecule has 2 aromatic rings. The quantitative estimate of drug-likeness (QED) is 0.769. The van der Waals surface area contributed by atoms with Crippen LogP contribution >= 0.6 is 0 Å². The monoisotopic (exact) mass is 243 g/mol. The molecule has 0 saturated heterocycles. The highest BCUT2D eigenvalue weighted by Gasteiger charge is 2.15. The van der Waals surface area contributed by atoms with E-state index in [1.807, 2.05) is 6.20 Å². The van der Waals surface area contributed by atoms with Gasteiger partial charge in [0.05, 0.1) is 5.69 Å². The molecular weight excluding hydrogens is 229 g/mol. The van der Waals surface area contributed by atoms with Gasteiger partial charge >= 0.3 is 0 Å². The summed E-state index contributed by atoms with van der Waals surface area (Å²) in [5.41, 5.74) is 3.16. The molecule has 1 aromatic heterocycles. The molecule has 92 valence electrons. The summed E-state index contributed by atoms with van der Waals surface area (Å²) in [7, 11) is 2.09. The van der Waals surface area contributed by atoms with E-state index in [-0.39, 0.29) is 5.82 Å². The average molecular weight is 243 g/mol. The number of rotatable bonds is 1. The summed E-state index contributed by atoms with van der Waals surface area (Å²) >= 11 is 0. The second-order valence-electron chi connectivity index (χ2n) is 4.66. The largest absolute Gasteiger partial charge is 0.302 e. The number of aromatic nitrogens is 2. The molecule has 0 unspecified atom stereocenters. The van der Waals surface area contributed by atoms with Crippen LogP contribution in [0.3, 0.4) is 0 Å². The summed E-state index contributed by atoms with van der Waals surface area (Å²) in [6.45, 7) is 1.92. The number of hydrogen-bond donors (Lipinski definition) is 0. The summed E-state index contributed by atoms with van der Waals surface area (Å²) in [5, 5.41) is 0. The molecular formula is C14H14FN3. The summed E-state index contributed by atoms with van der Waals surface area (Å²) in [6.07, 6.45) is 2.83. The molecule has 0 bridgehead atoms. The fraction of sp³-hybridized carbons (Fsp3) is 0.286. The lowest BCUT2D eigenvalue weighted by Crippen LogP contribution is -2.27. The van der Waals surface area contributed by atoms with Gasteiger partial charge in [-0.1, -0.05) is 0 Å². The Morgan fingerprint density at radius 1 is 1.22 bits per heavy atom. The first-order valence-corrected chi connectivity index (χ1v) is 6.01. The van der Waals surface area contributed by atoms with Crippen LogP contribution in [0.5, 0.6) is 0 Å². The Balaban J connectivity index is 1.97. The van der Waals surface area contributed by atoms with Gasteiger partial charge in [-0.05, 0) is 31.3 Å². The van der Waals surface area contributed by atoms with E-state index in [0.29, 0.717) is 5.82 Å². The third kappa shape index (κ3) is 2.11. The first kappa shape index (κ1) is 11.3. The Labute approximate surface area is 105 Å². The van der Waals surface area contributed by atoms with Crippen LogP contribution in [-0.4, -0.2) is 28.5 Å². The number of likely N-dealkylation sites (N-methyl/N-ethyl adjacent to an activating group) is 1. The Bertz CT molecular complexity index is 566. The molecule has 4 heteroatoms. The van der Waals surface area contributed by atoms with Crippen molar-refractivity contribution in [1.29, 1.82) is 0 Å². The minimum Gasteiger partial charge on any atom is -0.302 e. The molecule has 0 atom stereocenters. The van der Waals surface area contributed by atoms with Crippen molar-refractivity contribution in [3.05, 3.63) is 47.5 Å². The van der Waals surface area contributed by atoms with Gasteiger partial charge < -0.3 is 4.90 Å². The maximum absolute atomic E-state index is 12.9. The Morgan fingerprint density at radius 3 is 2.78 bits per heavy atom. The molecule has 3 nitrogen and oxygen atoms in total. The van der Waals surface area contributed by atoms with E-state index >= 15 is 0 Å². The topological polar surface area (TPSA) is 29.0 Å². The highest BCUT2D eigenvalue weighted by molar-refractivity contribution is 5.55. The van der Waals surface area contributed by atoms with Crippen LogP contribution < -0.4 is 0 Å². The van der Waals surface area contributed by atoms with Gasteiger partial charge in [-0.25, -0.2) is 14.4 Å².